The van der Waals surface area contributed by atoms with Gasteiger partial charge in [-0.3, -0.25) is 0 Å². The number of benzene rings is 1. The van der Waals surface area contributed by atoms with Crippen LogP contribution in [0, 0.1) is 18.7 Å². The van der Waals surface area contributed by atoms with E-state index >= 15 is 0 Å². The third kappa shape index (κ3) is 3.12. The summed E-state index contributed by atoms with van der Waals surface area (Å²) in [5.74, 6) is 0.261. The molecule has 1 heterocycles. The lowest BCUT2D eigenvalue weighted by atomic mass is 9.65. The maximum Gasteiger partial charge on any atom is 0.123 e. The van der Waals surface area contributed by atoms with E-state index in [1.165, 1.54) is 5.56 Å². The minimum absolute atomic E-state index is 0.0787. The highest BCUT2D eigenvalue weighted by atomic mass is 19.1. The molecule has 1 radical (unpaired) electrons. The molecule has 0 N–H and O–H groups in total. The molecule has 0 aliphatic carbocycles. The van der Waals surface area contributed by atoms with Crippen LogP contribution >= 0.6 is 0 Å². The highest BCUT2D eigenvalue weighted by Gasteiger charge is 2.38. The molecule has 109 valence electrons. The third-order valence-corrected chi connectivity index (χ3v) is 4.35. The molecule has 0 bridgehead atoms. The first-order valence-electron chi connectivity index (χ1n) is 7.53. The molecule has 0 aromatic heterocycles. The Hall–Kier alpha value is -1.15. The largest absolute Gasteiger partial charge is 0.381 e. The lowest BCUT2D eigenvalue weighted by Crippen LogP contribution is -2.38. The zero-order valence-corrected chi connectivity index (χ0v) is 12.3. The Morgan fingerprint density at radius 1 is 1.40 bits per heavy atom. The fraction of sp³-hybridized carbons (Fsp3) is 0.500. The van der Waals surface area contributed by atoms with Crippen molar-refractivity contribution in [3.63, 3.8) is 0 Å². The van der Waals surface area contributed by atoms with Crippen molar-refractivity contribution in [1.82, 2.24) is 0 Å². The van der Waals surface area contributed by atoms with E-state index < -0.39 is 0 Å². The first-order valence-corrected chi connectivity index (χ1v) is 7.53. The Labute approximate surface area is 121 Å². The molecular weight excluding hydrogens is 251 g/mol. The van der Waals surface area contributed by atoms with Gasteiger partial charge in [-0.25, -0.2) is 4.39 Å². The maximum atomic E-state index is 13.2. The van der Waals surface area contributed by atoms with Gasteiger partial charge in [0, 0.05) is 12.0 Å². The Balaban J connectivity index is 2.42. The Morgan fingerprint density at radius 2 is 2.15 bits per heavy atom. The zero-order chi connectivity index (χ0) is 14.4. The summed E-state index contributed by atoms with van der Waals surface area (Å²) < 4.78 is 18.9. The van der Waals surface area contributed by atoms with E-state index in [1.54, 1.807) is 12.1 Å². The van der Waals surface area contributed by atoms with Gasteiger partial charge >= 0.3 is 0 Å². The van der Waals surface area contributed by atoms with Crippen molar-refractivity contribution in [2.45, 2.75) is 38.0 Å². The van der Waals surface area contributed by atoms with Crippen molar-refractivity contribution in [3.8, 4) is 0 Å². The average molecular weight is 275 g/mol. The molecule has 1 aliphatic heterocycles. The molecule has 2 atom stereocenters. The summed E-state index contributed by atoms with van der Waals surface area (Å²) in [6, 6.07) is 6.94. The molecule has 2 unspecified atom stereocenters. The molecule has 2 rings (SSSR count). The van der Waals surface area contributed by atoms with Crippen LogP contribution in [-0.4, -0.2) is 13.2 Å². The van der Waals surface area contributed by atoms with Crippen molar-refractivity contribution in [2.24, 2.45) is 5.92 Å². The molecule has 1 aliphatic rings. The predicted molar refractivity (Wildman–Crippen MR) is 81.0 cm³/mol. The van der Waals surface area contributed by atoms with Crippen molar-refractivity contribution in [3.05, 3.63) is 54.7 Å². The van der Waals surface area contributed by atoms with Crippen LogP contribution in [0.3, 0.4) is 0 Å². The van der Waals surface area contributed by atoms with Gasteiger partial charge in [0.15, 0.2) is 0 Å². The van der Waals surface area contributed by atoms with Crippen LogP contribution < -0.4 is 0 Å². The van der Waals surface area contributed by atoms with Crippen LogP contribution in [0.5, 0.6) is 0 Å². The molecule has 0 amide bonds. The number of rotatable bonds is 5. The van der Waals surface area contributed by atoms with Crippen LogP contribution in [0.2, 0.25) is 0 Å². The summed E-state index contributed by atoms with van der Waals surface area (Å²) in [5, 5.41) is 0. The molecule has 1 aromatic carbocycles. The second-order valence-corrected chi connectivity index (χ2v) is 5.61. The van der Waals surface area contributed by atoms with Crippen molar-refractivity contribution >= 4 is 0 Å². The summed E-state index contributed by atoms with van der Waals surface area (Å²) in [6.07, 6.45) is 8.46. The minimum atomic E-state index is -0.183. The Morgan fingerprint density at radius 3 is 2.70 bits per heavy atom. The maximum absolute atomic E-state index is 13.2. The highest BCUT2D eigenvalue weighted by Crippen LogP contribution is 2.42. The zero-order valence-electron chi connectivity index (χ0n) is 12.3. The number of hydrogen-bond acceptors (Lipinski definition) is 1. The Kier molecular flexibility index (Phi) is 5.36. The van der Waals surface area contributed by atoms with Crippen LogP contribution in [0.25, 0.3) is 0 Å². The monoisotopic (exact) mass is 275 g/mol. The topological polar surface area (TPSA) is 9.23 Å². The molecule has 1 saturated heterocycles. The van der Waals surface area contributed by atoms with E-state index in [1.807, 2.05) is 18.2 Å². The minimum Gasteiger partial charge on any atom is -0.381 e. The standard InChI is InChI=1S/C18H24FO/c1-3-11-18(12-4-2,16-6-5-13-20-14-16)15-7-9-17(19)10-8-15/h3,7-11,16H,1,4-6,12-14H2,2H3. The summed E-state index contributed by atoms with van der Waals surface area (Å²) >= 11 is 0. The van der Waals surface area contributed by atoms with E-state index in [2.05, 4.69) is 19.9 Å². The van der Waals surface area contributed by atoms with Gasteiger partial charge in [-0.05, 0) is 49.8 Å². The molecular formula is C18H24FO. The third-order valence-electron chi connectivity index (χ3n) is 4.35. The van der Waals surface area contributed by atoms with Gasteiger partial charge < -0.3 is 4.74 Å². The summed E-state index contributed by atoms with van der Waals surface area (Å²) in [4.78, 5) is 0. The van der Waals surface area contributed by atoms with E-state index in [0.29, 0.717) is 5.92 Å². The number of allylic oxidation sites excluding steroid dienone is 2. The van der Waals surface area contributed by atoms with Crippen LogP contribution in [-0.2, 0) is 10.2 Å². The summed E-state index contributed by atoms with van der Waals surface area (Å²) in [6.45, 7) is 7.73. The number of ether oxygens (including phenoxy) is 1. The van der Waals surface area contributed by atoms with Gasteiger partial charge in [0.2, 0.25) is 0 Å². The van der Waals surface area contributed by atoms with Gasteiger partial charge in [-0.2, -0.15) is 0 Å². The molecule has 2 heteroatoms. The van der Waals surface area contributed by atoms with Crippen LogP contribution in [0.15, 0.2) is 36.4 Å². The Bertz CT molecular complexity index is 431. The first-order chi connectivity index (χ1) is 9.73. The number of hydrogen-bond donors (Lipinski definition) is 0. The predicted octanol–water partition coefficient (Wildman–Crippen LogP) is 4.68. The number of halogens is 1. The normalized spacial score (nSPS) is 22.9. The smallest absolute Gasteiger partial charge is 0.123 e. The highest BCUT2D eigenvalue weighted by molar-refractivity contribution is 5.33. The molecule has 0 spiro atoms. The van der Waals surface area contributed by atoms with E-state index in [4.69, 9.17) is 4.74 Å². The van der Waals surface area contributed by atoms with Gasteiger partial charge in [0.25, 0.3) is 0 Å². The molecule has 1 aromatic rings. The van der Waals surface area contributed by atoms with Gasteiger partial charge in [-0.1, -0.05) is 37.6 Å². The lowest BCUT2D eigenvalue weighted by molar-refractivity contribution is 0.0275. The van der Waals surface area contributed by atoms with Gasteiger partial charge in [0.05, 0.1) is 6.61 Å². The van der Waals surface area contributed by atoms with Crippen LogP contribution in [0.4, 0.5) is 4.39 Å². The van der Waals surface area contributed by atoms with E-state index in [-0.39, 0.29) is 11.2 Å². The van der Waals surface area contributed by atoms with Gasteiger partial charge in [-0.15, -0.1) is 0 Å². The van der Waals surface area contributed by atoms with Gasteiger partial charge in [0.1, 0.15) is 5.82 Å². The second-order valence-electron chi connectivity index (χ2n) is 5.61. The van der Waals surface area contributed by atoms with Crippen LogP contribution in [0.1, 0.15) is 38.2 Å². The fourth-order valence-corrected chi connectivity index (χ4v) is 3.43. The fourth-order valence-electron chi connectivity index (χ4n) is 3.43. The quantitative estimate of drug-likeness (QED) is 0.758. The summed E-state index contributed by atoms with van der Waals surface area (Å²) in [5.41, 5.74) is 1.10. The van der Waals surface area contributed by atoms with Crippen molar-refractivity contribution in [2.75, 3.05) is 13.2 Å². The first kappa shape index (κ1) is 15.2. The van der Waals surface area contributed by atoms with E-state index in [9.17, 15) is 4.39 Å². The van der Waals surface area contributed by atoms with Crippen molar-refractivity contribution < 1.29 is 9.13 Å². The summed E-state index contributed by atoms with van der Waals surface area (Å²) in [7, 11) is 0. The SMILES string of the molecule is [CH2]C=CC(CCC)(c1ccc(F)cc1)C1CCCOC1. The second kappa shape index (κ2) is 7.03. The molecule has 0 saturated carbocycles. The average Bonchev–Trinajstić information content (AvgIpc) is 2.48. The molecule has 20 heavy (non-hydrogen) atoms. The lowest BCUT2D eigenvalue weighted by Gasteiger charge is -2.41. The molecule has 1 nitrogen and oxygen atoms in total. The molecule has 1 fully saturated rings. The van der Waals surface area contributed by atoms with Crippen molar-refractivity contribution in [1.29, 1.82) is 0 Å². The van der Waals surface area contributed by atoms with E-state index in [0.717, 1.165) is 38.9 Å².